The highest BCUT2D eigenvalue weighted by Crippen LogP contribution is 2.27. The number of benzene rings is 1. The monoisotopic (exact) mass is 258 g/mol. The topological polar surface area (TPSA) is 72.2 Å². The number of hydrogen-bond acceptors (Lipinski definition) is 3. The van der Waals surface area contributed by atoms with Gasteiger partial charge in [-0.3, -0.25) is 0 Å². The van der Waals surface area contributed by atoms with Gasteiger partial charge in [0.25, 0.3) is 0 Å². The maximum absolute atomic E-state index is 13.5. The molecule has 0 saturated heterocycles. The summed E-state index contributed by atoms with van der Waals surface area (Å²) in [6.45, 7) is 0.357. The lowest BCUT2D eigenvalue weighted by Gasteiger charge is -2.25. The van der Waals surface area contributed by atoms with Gasteiger partial charge in [-0.05, 0) is 30.9 Å². The van der Waals surface area contributed by atoms with Crippen LogP contribution in [0.2, 0.25) is 0 Å². The Hall–Kier alpha value is -1.14. The molecule has 17 heavy (non-hydrogen) atoms. The Morgan fingerprint density at radius 2 is 2.12 bits per heavy atom. The van der Waals surface area contributed by atoms with Gasteiger partial charge in [0.1, 0.15) is 10.7 Å². The van der Waals surface area contributed by atoms with Gasteiger partial charge in [0.2, 0.25) is 10.0 Å². The zero-order valence-electron chi connectivity index (χ0n) is 9.32. The van der Waals surface area contributed by atoms with Crippen LogP contribution >= 0.6 is 0 Å². The molecule has 1 aliphatic rings. The normalized spacial score (nSPS) is 16.8. The zero-order valence-corrected chi connectivity index (χ0v) is 10.1. The number of rotatable bonds is 4. The Morgan fingerprint density at radius 1 is 1.41 bits per heavy atom. The predicted molar refractivity (Wildman–Crippen MR) is 63.3 cm³/mol. The van der Waals surface area contributed by atoms with Crippen molar-refractivity contribution >= 4 is 15.7 Å². The fourth-order valence-corrected chi connectivity index (χ4v) is 3.11. The Morgan fingerprint density at radius 3 is 2.65 bits per heavy atom. The van der Waals surface area contributed by atoms with Crippen LogP contribution in [-0.4, -0.2) is 15.0 Å². The quantitative estimate of drug-likeness (QED) is 0.804. The smallest absolute Gasteiger partial charge is 0.245 e. The molecule has 0 amide bonds. The Balaban J connectivity index is 2.18. The van der Waals surface area contributed by atoms with Gasteiger partial charge in [0.15, 0.2) is 0 Å². The molecule has 1 fully saturated rings. The summed E-state index contributed by atoms with van der Waals surface area (Å²) in [4.78, 5) is -0.445. The standard InChI is InChI=1S/C11H15FN2O2S/c12-9-5-2-6-10(13)11(9)17(15,16)14-7-8-3-1-4-8/h2,5-6,8,14H,1,3-4,7,13H2. The highest BCUT2D eigenvalue weighted by atomic mass is 32.2. The largest absolute Gasteiger partial charge is 0.398 e. The van der Waals surface area contributed by atoms with Crippen LogP contribution in [-0.2, 0) is 10.0 Å². The van der Waals surface area contributed by atoms with Crippen molar-refractivity contribution < 1.29 is 12.8 Å². The van der Waals surface area contributed by atoms with Crippen molar-refractivity contribution in [1.82, 2.24) is 4.72 Å². The van der Waals surface area contributed by atoms with Gasteiger partial charge < -0.3 is 5.73 Å². The lowest BCUT2D eigenvalue weighted by atomic mass is 9.86. The average molecular weight is 258 g/mol. The molecule has 0 spiro atoms. The van der Waals surface area contributed by atoms with Crippen LogP contribution in [0.3, 0.4) is 0 Å². The van der Waals surface area contributed by atoms with Crippen LogP contribution in [0.15, 0.2) is 23.1 Å². The van der Waals surface area contributed by atoms with Gasteiger partial charge in [0, 0.05) is 6.54 Å². The molecular weight excluding hydrogens is 243 g/mol. The van der Waals surface area contributed by atoms with Gasteiger partial charge in [0.05, 0.1) is 5.69 Å². The molecule has 0 heterocycles. The number of nitrogens with two attached hydrogens (primary N) is 1. The van der Waals surface area contributed by atoms with Gasteiger partial charge in [-0.25, -0.2) is 17.5 Å². The lowest BCUT2D eigenvalue weighted by Crippen LogP contribution is -2.33. The van der Waals surface area contributed by atoms with Crippen molar-refractivity contribution in [2.24, 2.45) is 5.92 Å². The van der Waals surface area contributed by atoms with E-state index in [1.54, 1.807) is 0 Å². The first-order valence-corrected chi connectivity index (χ1v) is 7.02. The van der Waals surface area contributed by atoms with E-state index < -0.39 is 20.7 Å². The summed E-state index contributed by atoms with van der Waals surface area (Å²) >= 11 is 0. The van der Waals surface area contributed by atoms with Crippen molar-refractivity contribution in [2.75, 3.05) is 12.3 Å². The number of halogens is 1. The van der Waals surface area contributed by atoms with E-state index >= 15 is 0 Å². The van der Waals surface area contributed by atoms with E-state index in [0.29, 0.717) is 12.5 Å². The molecule has 0 bridgehead atoms. The maximum atomic E-state index is 13.5. The Bertz CT molecular complexity index is 492. The van der Waals surface area contributed by atoms with Crippen LogP contribution in [0, 0.1) is 11.7 Å². The molecule has 0 aromatic heterocycles. The average Bonchev–Trinajstić information content (AvgIpc) is 2.13. The summed E-state index contributed by atoms with van der Waals surface area (Å²) in [5, 5.41) is 0. The second-order valence-electron chi connectivity index (χ2n) is 4.31. The third kappa shape index (κ3) is 2.58. The third-order valence-electron chi connectivity index (χ3n) is 3.05. The summed E-state index contributed by atoms with van der Waals surface area (Å²) in [6, 6.07) is 3.85. The minimum atomic E-state index is -3.84. The van der Waals surface area contributed by atoms with E-state index in [1.807, 2.05) is 0 Å². The summed E-state index contributed by atoms with van der Waals surface area (Å²) in [6.07, 6.45) is 3.18. The molecule has 94 valence electrons. The molecule has 0 atom stereocenters. The van der Waals surface area contributed by atoms with Crippen LogP contribution < -0.4 is 10.5 Å². The van der Waals surface area contributed by atoms with E-state index in [0.717, 1.165) is 25.3 Å². The lowest BCUT2D eigenvalue weighted by molar-refractivity contribution is 0.316. The van der Waals surface area contributed by atoms with Crippen LogP contribution in [0.4, 0.5) is 10.1 Å². The number of hydrogen-bond donors (Lipinski definition) is 2. The molecule has 2 rings (SSSR count). The van der Waals surface area contributed by atoms with Crippen molar-refractivity contribution in [1.29, 1.82) is 0 Å². The van der Waals surface area contributed by atoms with Crippen molar-refractivity contribution in [2.45, 2.75) is 24.2 Å². The SMILES string of the molecule is Nc1cccc(F)c1S(=O)(=O)NCC1CCC1. The van der Waals surface area contributed by atoms with Crippen LogP contribution in [0.5, 0.6) is 0 Å². The molecule has 1 aliphatic carbocycles. The van der Waals surface area contributed by atoms with E-state index in [4.69, 9.17) is 5.73 Å². The molecule has 1 aromatic rings. The maximum Gasteiger partial charge on any atom is 0.245 e. The predicted octanol–water partition coefficient (Wildman–Crippen LogP) is 1.49. The highest BCUT2D eigenvalue weighted by molar-refractivity contribution is 7.89. The molecule has 0 aliphatic heterocycles. The van der Waals surface area contributed by atoms with Gasteiger partial charge in [-0.2, -0.15) is 0 Å². The van der Waals surface area contributed by atoms with Crippen LogP contribution in [0.1, 0.15) is 19.3 Å². The zero-order chi connectivity index (χ0) is 12.5. The molecule has 3 N–H and O–H groups in total. The van der Waals surface area contributed by atoms with E-state index in [-0.39, 0.29) is 5.69 Å². The number of anilines is 1. The fourth-order valence-electron chi connectivity index (χ4n) is 1.81. The number of nitrogens with one attached hydrogen (secondary N) is 1. The number of sulfonamides is 1. The van der Waals surface area contributed by atoms with Gasteiger partial charge in [-0.1, -0.05) is 12.5 Å². The molecule has 0 unspecified atom stereocenters. The molecule has 1 saturated carbocycles. The molecule has 1 aromatic carbocycles. The molecule has 0 radical (unpaired) electrons. The summed E-state index contributed by atoms with van der Waals surface area (Å²) in [5.74, 6) is -0.441. The minimum Gasteiger partial charge on any atom is -0.398 e. The molecule has 6 heteroatoms. The van der Waals surface area contributed by atoms with E-state index in [2.05, 4.69) is 4.72 Å². The first-order chi connectivity index (χ1) is 8.00. The van der Waals surface area contributed by atoms with Gasteiger partial charge >= 0.3 is 0 Å². The second-order valence-corrected chi connectivity index (χ2v) is 6.01. The van der Waals surface area contributed by atoms with Gasteiger partial charge in [-0.15, -0.1) is 0 Å². The molecular formula is C11H15FN2O2S. The van der Waals surface area contributed by atoms with Crippen molar-refractivity contribution in [3.05, 3.63) is 24.0 Å². The summed E-state index contributed by atoms with van der Waals surface area (Å²) in [7, 11) is -3.84. The first kappa shape index (κ1) is 12.3. The number of nitrogen functional groups attached to an aromatic ring is 1. The Kier molecular flexibility index (Phi) is 3.35. The van der Waals surface area contributed by atoms with Crippen LogP contribution in [0.25, 0.3) is 0 Å². The highest BCUT2D eigenvalue weighted by Gasteiger charge is 2.25. The second kappa shape index (κ2) is 4.62. The molecule has 4 nitrogen and oxygen atoms in total. The Labute approximate surface area is 100 Å². The van der Waals surface area contributed by atoms with E-state index in [1.165, 1.54) is 12.1 Å². The third-order valence-corrected chi connectivity index (χ3v) is 4.57. The summed E-state index contributed by atoms with van der Waals surface area (Å²) in [5.41, 5.74) is 5.44. The first-order valence-electron chi connectivity index (χ1n) is 5.54. The minimum absolute atomic E-state index is 0.0638. The van der Waals surface area contributed by atoms with E-state index in [9.17, 15) is 12.8 Å². The van der Waals surface area contributed by atoms with Crippen molar-refractivity contribution in [3.8, 4) is 0 Å². The van der Waals surface area contributed by atoms with Crippen molar-refractivity contribution in [3.63, 3.8) is 0 Å². The fraction of sp³-hybridized carbons (Fsp3) is 0.455. The summed E-state index contributed by atoms with van der Waals surface area (Å²) < 4.78 is 39.7.